The number of rotatable bonds is 8. The molecule has 0 unspecified atom stereocenters. The van der Waals surface area contributed by atoms with Gasteiger partial charge >= 0.3 is 6.03 Å². The number of carbonyl (C=O) groups excluding carboxylic acids is 1. The summed E-state index contributed by atoms with van der Waals surface area (Å²) in [5, 5.41) is 5.44. The molecule has 0 aliphatic rings. The highest BCUT2D eigenvalue weighted by atomic mass is 32.2. The Kier molecular flexibility index (Phi) is 7.47. The van der Waals surface area contributed by atoms with E-state index in [2.05, 4.69) is 21.4 Å². The van der Waals surface area contributed by atoms with Crippen molar-refractivity contribution in [1.82, 2.24) is 20.3 Å². The lowest BCUT2D eigenvalue weighted by Crippen LogP contribution is -2.43. The van der Waals surface area contributed by atoms with E-state index in [0.717, 1.165) is 11.8 Å². The molecule has 0 bridgehead atoms. The zero-order valence-electron chi connectivity index (χ0n) is 14.1. The maximum absolute atomic E-state index is 11.8. The molecule has 0 aliphatic carbocycles. The molecule has 0 heterocycles. The Balaban J connectivity index is 2.47. The summed E-state index contributed by atoms with van der Waals surface area (Å²) in [5.41, 5.74) is 2.34. The van der Waals surface area contributed by atoms with Gasteiger partial charge in [-0.2, -0.15) is 0 Å². The maximum Gasteiger partial charge on any atom is 0.314 e. The number of urea groups is 1. The molecule has 0 saturated heterocycles. The second-order valence-corrected chi connectivity index (χ2v) is 7.47. The lowest BCUT2D eigenvalue weighted by Gasteiger charge is -2.26. The van der Waals surface area contributed by atoms with Gasteiger partial charge in [-0.3, -0.25) is 0 Å². The number of hydrogen-bond acceptors (Lipinski definition) is 4. The Labute approximate surface area is 138 Å². The molecule has 2 amide bonds. The van der Waals surface area contributed by atoms with E-state index in [0.29, 0.717) is 6.54 Å². The van der Waals surface area contributed by atoms with Crippen molar-refractivity contribution in [3.8, 4) is 0 Å². The van der Waals surface area contributed by atoms with Gasteiger partial charge in [0.05, 0.1) is 12.3 Å². The molecule has 1 aromatic rings. The summed E-state index contributed by atoms with van der Waals surface area (Å²) in [7, 11) is 0.702. The Morgan fingerprint density at radius 3 is 2.39 bits per heavy atom. The molecule has 1 atom stereocenters. The van der Waals surface area contributed by atoms with Crippen molar-refractivity contribution in [2.75, 3.05) is 40.0 Å². The highest BCUT2D eigenvalue weighted by Gasteiger charge is 2.16. The molecule has 0 aromatic heterocycles. The van der Waals surface area contributed by atoms with Crippen LogP contribution in [0.2, 0.25) is 0 Å². The van der Waals surface area contributed by atoms with Crippen LogP contribution < -0.4 is 15.4 Å². The SMILES string of the molecule is Cc1ccccc1[C@H](CNC(=O)NCCNS(C)(=O)=O)N(C)C. The third-order valence-electron chi connectivity index (χ3n) is 3.40. The minimum Gasteiger partial charge on any atom is -0.337 e. The molecule has 0 fully saturated rings. The van der Waals surface area contributed by atoms with Gasteiger partial charge in [-0.15, -0.1) is 0 Å². The highest BCUT2D eigenvalue weighted by Crippen LogP contribution is 2.20. The first-order chi connectivity index (χ1) is 10.7. The predicted octanol–water partition coefficient (Wildman–Crippen LogP) is 0.446. The smallest absolute Gasteiger partial charge is 0.314 e. The topological polar surface area (TPSA) is 90.5 Å². The number of nitrogens with one attached hydrogen (secondary N) is 3. The van der Waals surface area contributed by atoms with Gasteiger partial charge in [0, 0.05) is 19.6 Å². The maximum atomic E-state index is 11.8. The second kappa shape index (κ2) is 8.85. The van der Waals surface area contributed by atoms with Crippen LogP contribution in [0, 0.1) is 6.92 Å². The Morgan fingerprint density at radius 1 is 1.17 bits per heavy atom. The molecule has 0 saturated carbocycles. The molecule has 1 aromatic carbocycles. The number of aryl methyl sites for hydroxylation is 1. The summed E-state index contributed by atoms with van der Waals surface area (Å²) >= 11 is 0. The van der Waals surface area contributed by atoms with Crippen molar-refractivity contribution in [3.05, 3.63) is 35.4 Å². The molecule has 0 radical (unpaired) electrons. The van der Waals surface area contributed by atoms with Gasteiger partial charge in [0.15, 0.2) is 0 Å². The number of benzene rings is 1. The van der Waals surface area contributed by atoms with Gasteiger partial charge in [-0.1, -0.05) is 24.3 Å². The summed E-state index contributed by atoms with van der Waals surface area (Å²) in [5.74, 6) is 0. The Bertz CT molecular complexity index is 617. The van der Waals surface area contributed by atoms with E-state index in [-0.39, 0.29) is 25.2 Å². The summed E-state index contributed by atoms with van der Waals surface area (Å²) in [4.78, 5) is 13.8. The molecule has 7 nitrogen and oxygen atoms in total. The fraction of sp³-hybridized carbons (Fsp3) is 0.533. The molecular weight excluding hydrogens is 316 g/mol. The fourth-order valence-electron chi connectivity index (χ4n) is 2.20. The molecule has 8 heteroatoms. The highest BCUT2D eigenvalue weighted by molar-refractivity contribution is 7.88. The van der Waals surface area contributed by atoms with E-state index >= 15 is 0 Å². The van der Waals surface area contributed by atoms with Crippen LogP contribution >= 0.6 is 0 Å². The van der Waals surface area contributed by atoms with E-state index in [4.69, 9.17) is 0 Å². The normalized spacial score (nSPS) is 12.9. The lowest BCUT2D eigenvalue weighted by molar-refractivity contribution is 0.233. The summed E-state index contributed by atoms with van der Waals surface area (Å²) in [6.07, 6.45) is 1.08. The van der Waals surface area contributed by atoms with Gasteiger partial charge in [0.1, 0.15) is 0 Å². The van der Waals surface area contributed by atoms with Crippen LogP contribution in [-0.2, 0) is 10.0 Å². The number of nitrogens with zero attached hydrogens (tertiary/aromatic N) is 1. The number of likely N-dealkylation sites (N-methyl/N-ethyl adjacent to an activating group) is 1. The number of sulfonamides is 1. The number of carbonyl (C=O) groups is 1. The van der Waals surface area contributed by atoms with Gasteiger partial charge in [0.2, 0.25) is 10.0 Å². The van der Waals surface area contributed by atoms with Gasteiger partial charge in [0.25, 0.3) is 0 Å². The standard InChI is InChI=1S/C15H26N4O3S/c1-12-7-5-6-8-13(12)14(19(2)3)11-17-15(20)16-9-10-18-23(4,21)22/h5-8,14,18H,9-11H2,1-4H3,(H2,16,17,20)/t14-/m0/s1. The van der Waals surface area contributed by atoms with E-state index in [1.54, 1.807) is 0 Å². The quantitative estimate of drug-likeness (QED) is 0.598. The summed E-state index contributed by atoms with van der Waals surface area (Å²) < 4.78 is 24.1. The second-order valence-electron chi connectivity index (χ2n) is 5.64. The van der Waals surface area contributed by atoms with Crippen molar-refractivity contribution in [2.24, 2.45) is 0 Å². The van der Waals surface area contributed by atoms with Crippen molar-refractivity contribution in [2.45, 2.75) is 13.0 Å². The Morgan fingerprint density at radius 2 is 1.83 bits per heavy atom. The minimum absolute atomic E-state index is 0.0658. The van der Waals surface area contributed by atoms with Crippen LogP contribution in [-0.4, -0.2) is 59.3 Å². The molecule has 0 aliphatic heterocycles. The van der Waals surface area contributed by atoms with Crippen LogP contribution in [0.15, 0.2) is 24.3 Å². The first-order valence-corrected chi connectivity index (χ1v) is 9.28. The molecule has 1 rings (SSSR count). The van der Waals surface area contributed by atoms with Crippen LogP contribution in [0.5, 0.6) is 0 Å². The Hall–Kier alpha value is -1.64. The molecule has 0 spiro atoms. The first-order valence-electron chi connectivity index (χ1n) is 7.39. The van der Waals surface area contributed by atoms with Crippen molar-refractivity contribution in [1.29, 1.82) is 0 Å². The van der Waals surface area contributed by atoms with E-state index in [1.807, 2.05) is 44.1 Å². The molecule has 130 valence electrons. The minimum atomic E-state index is -3.23. The van der Waals surface area contributed by atoms with Gasteiger partial charge < -0.3 is 15.5 Å². The van der Waals surface area contributed by atoms with Gasteiger partial charge in [-0.05, 0) is 32.1 Å². The third-order valence-corrected chi connectivity index (χ3v) is 4.13. The average molecular weight is 342 g/mol. The predicted molar refractivity (Wildman–Crippen MR) is 91.9 cm³/mol. The van der Waals surface area contributed by atoms with Crippen LogP contribution in [0.3, 0.4) is 0 Å². The fourth-order valence-corrected chi connectivity index (χ4v) is 2.67. The van der Waals surface area contributed by atoms with E-state index in [1.165, 1.54) is 5.56 Å². The zero-order valence-corrected chi connectivity index (χ0v) is 14.9. The van der Waals surface area contributed by atoms with E-state index < -0.39 is 10.0 Å². The monoisotopic (exact) mass is 342 g/mol. The molecule has 23 heavy (non-hydrogen) atoms. The van der Waals surface area contributed by atoms with Crippen molar-refractivity contribution in [3.63, 3.8) is 0 Å². The van der Waals surface area contributed by atoms with Gasteiger partial charge in [-0.25, -0.2) is 17.9 Å². The van der Waals surface area contributed by atoms with Crippen molar-refractivity contribution >= 4 is 16.1 Å². The van der Waals surface area contributed by atoms with Crippen LogP contribution in [0.1, 0.15) is 17.2 Å². The largest absolute Gasteiger partial charge is 0.337 e. The van der Waals surface area contributed by atoms with E-state index in [9.17, 15) is 13.2 Å². The summed E-state index contributed by atoms with van der Waals surface area (Å²) in [6, 6.07) is 7.81. The lowest BCUT2D eigenvalue weighted by atomic mass is 10.0. The van der Waals surface area contributed by atoms with Crippen LogP contribution in [0.4, 0.5) is 4.79 Å². The van der Waals surface area contributed by atoms with Crippen molar-refractivity contribution < 1.29 is 13.2 Å². The average Bonchev–Trinajstić information content (AvgIpc) is 2.44. The first kappa shape index (κ1) is 19.4. The molecular formula is C15H26N4O3S. The molecule has 3 N–H and O–H groups in total. The number of amides is 2. The van der Waals surface area contributed by atoms with Crippen LogP contribution in [0.25, 0.3) is 0 Å². The summed E-state index contributed by atoms with van der Waals surface area (Å²) in [6.45, 7) is 2.91. The third kappa shape index (κ3) is 7.45. The number of hydrogen-bond donors (Lipinski definition) is 3. The zero-order chi connectivity index (χ0) is 17.5.